The molecule has 0 aliphatic heterocycles. The minimum atomic E-state index is -0.909. The van der Waals surface area contributed by atoms with E-state index in [1.165, 1.54) is 30.6 Å². The van der Waals surface area contributed by atoms with E-state index >= 15 is 0 Å². The second kappa shape index (κ2) is 4.85. The van der Waals surface area contributed by atoms with Gasteiger partial charge < -0.3 is 10.0 Å². The number of hydrogen-bond donors (Lipinski definition) is 1. The predicted molar refractivity (Wildman–Crippen MR) is 75.3 cm³/mol. The lowest BCUT2D eigenvalue weighted by molar-refractivity contribution is 0.0690. The smallest absolute Gasteiger partial charge is 0.356 e. The van der Waals surface area contributed by atoms with Gasteiger partial charge in [0.1, 0.15) is 0 Å². The zero-order chi connectivity index (χ0) is 13.4. The lowest BCUT2D eigenvalue weighted by Gasteiger charge is -2.32. The van der Waals surface area contributed by atoms with Gasteiger partial charge in [0.15, 0.2) is 16.5 Å². The van der Waals surface area contributed by atoms with Gasteiger partial charge in [-0.1, -0.05) is 6.42 Å². The van der Waals surface area contributed by atoms with Crippen LogP contribution in [0.1, 0.15) is 36.7 Å². The molecule has 102 valence electrons. The SMILES string of the molecule is CCN(CC1CCC1)c1nc2sccn2c1C(=O)O. The van der Waals surface area contributed by atoms with Crippen LogP contribution in [0.5, 0.6) is 0 Å². The lowest BCUT2D eigenvalue weighted by atomic mass is 9.85. The molecule has 2 aromatic heterocycles. The number of hydrogen-bond acceptors (Lipinski definition) is 4. The number of carboxylic acids is 1. The molecule has 0 radical (unpaired) electrons. The molecule has 19 heavy (non-hydrogen) atoms. The fraction of sp³-hybridized carbons (Fsp3) is 0.538. The fourth-order valence-electron chi connectivity index (χ4n) is 2.55. The van der Waals surface area contributed by atoms with Crippen molar-refractivity contribution in [3.05, 3.63) is 17.3 Å². The molecule has 0 saturated heterocycles. The highest BCUT2D eigenvalue weighted by atomic mass is 32.1. The van der Waals surface area contributed by atoms with E-state index < -0.39 is 5.97 Å². The van der Waals surface area contributed by atoms with Crippen LogP contribution < -0.4 is 4.90 Å². The fourth-order valence-corrected chi connectivity index (χ4v) is 3.26. The molecule has 2 heterocycles. The van der Waals surface area contributed by atoms with Crippen LogP contribution in [0.4, 0.5) is 5.82 Å². The summed E-state index contributed by atoms with van der Waals surface area (Å²) in [5.74, 6) is 0.406. The maximum absolute atomic E-state index is 11.5. The maximum Gasteiger partial charge on any atom is 0.356 e. The van der Waals surface area contributed by atoms with E-state index in [2.05, 4.69) is 16.8 Å². The Morgan fingerprint density at radius 2 is 2.42 bits per heavy atom. The molecule has 1 aliphatic rings. The van der Waals surface area contributed by atoms with E-state index in [4.69, 9.17) is 0 Å². The number of aromatic nitrogens is 2. The van der Waals surface area contributed by atoms with Crippen LogP contribution in [0.2, 0.25) is 0 Å². The predicted octanol–water partition coefficient (Wildman–Crippen LogP) is 2.72. The van der Waals surface area contributed by atoms with Crippen LogP contribution in [0.3, 0.4) is 0 Å². The van der Waals surface area contributed by atoms with Crippen molar-refractivity contribution in [3.63, 3.8) is 0 Å². The third-order valence-electron chi connectivity index (χ3n) is 3.83. The Hall–Kier alpha value is -1.56. The highest BCUT2D eigenvalue weighted by molar-refractivity contribution is 7.15. The van der Waals surface area contributed by atoms with Gasteiger partial charge in [-0.3, -0.25) is 4.40 Å². The first-order valence-electron chi connectivity index (χ1n) is 6.64. The van der Waals surface area contributed by atoms with E-state index in [1.807, 2.05) is 5.38 Å². The molecule has 5 nitrogen and oxygen atoms in total. The van der Waals surface area contributed by atoms with Gasteiger partial charge in [0.2, 0.25) is 0 Å². The summed E-state index contributed by atoms with van der Waals surface area (Å²) in [6, 6.07) is 0. The Morgan fingerprint density at radius 3 is 3.00 bits per heavy atom. The number of aromatic carboxylic acids is 1. The minimum Gasteiger partial charge on any atom is -0.476 e. The number of carbonyl (C=O) groups is 1. The summed E-state index contributed by atoms with van der Waals surface area (Å²) in [7, 11) is 0. The molecule has 0 spiro atoms. The molecule has 3 rings (SSSR count). The van der Waals surface area contributed by atoms with Crippen molar-refractivity contribution in [2.45, 2.75) is 26.2 Å². The van der Waals surface area contributed by atoms with Crippen LogP contribution in [-0.4, -0.2) is 33.6 Å². The summed E-state index contributed by atoms with van der Waals surface area (Å²) < 4.78 is 1.67. The molecule has 1 N–H and O–H groups in total. The molecule has 0 amide bonds. The normalized spacial score (nSPS) is 15.6. The zero-order valence-corrected chi connectivity index (χ0v) is 11.7. The molecule has 0 aromatic carbocycles. The summed E-state index contributed by atoms with van der Waals surface area (Å²) in [4.78, 5) is 18.9. The van der Waals surface area contributed by atoms with E-state index in [0.29, 0.717) is 11.7 Å². The first kappa shape index (κ1) is 12.5. The Kier molecular flexibility index (Phi) is 3.18. The molecule has 0 atom stereocenters. The van der Waals surface area contributed by atoms with E-state index in [1.54, 1.807) is 10.6 Å². The number of anilines is 1. The Labute approximate surface area is 115 Å². The summed E-state index contributed by atoms with van der Waals surface area (Å²) >= 11 is 1.47. The van der Waals surface area contributed by atoms with Gasteiger partial charge in [0.25, 0.3) is 0 Å². The van der Waals surface area contributed by atoms with Gasteiger partial charge in [-0.15, -0.1) is 11.3 Å². The Morgan fingerprint density at radius 1 is 1.63 bits per heavy atom. The lowest BCUT2D eigenvalue weighted by Crippen LogP contribution is -2.33. The largest absolute Gasteiger partial charge is 0.476 e. The molecule has 2 aromatic rings. The first-order valence-corrected chi connectivity index (χ1v) is 7.52. The average molecular weight is 279 g/mol. The number of nitrogens with zero attached hydrogens (tertiary/aromatic N) is 3. The van der Waals surface area contributed by atoms with Gasteiger partial charge in [0.05, 0.1) is 0 Å². The first-order chi connectivity index (χ1) is 9.20. The van der Waals surface area contributed by atoms with Crippen molar-refractivity contribution in [3.8, 4) is 0 Å². The number of thiazole rings is 1. The number of fused-ring (bicyclic) bond motifs is 1. The summed E-state index contributed by atoms with van der Waals surface area (Å²) in [6.07, 6.45) is 5.58. The second-order valence-electron chi connectivity index (χ2n) is 4.98. The topological polar surface area (TPSA) is 57.8 Å². The van der Waals surface area contributed by atoms with Crippen LogP contribution in [0.15, 0.2) is 11.6 Å². The standard InChI is InChI=1S/C13H17N3O2S/c1-2-15(8-9-4-3-5-9)11-10(12(17)18)16-6-7-19-13(16)14-11/h6-7,9H,2-5,8H2,1H3,(H,17,18). The number of carboxylic acid groups (broad SMARTS) is 1. The Balaban J connectivity index is 1.98. The summed E-state index contributed by atoms with van der Waals surface area (Å²) in [6.45, 7) is 3.76. The molecule has 0 bridgehead atoms. The highest BCUT2D eigenvalue weighted by Crippen LogP contribution is 2.31. The molecule has 1 aliphatic carbocycles. The molecule has 1 saturated carbocycles. The van der Waals surface area contributed by atoms with Crippen molar-refractivity contribution in [2.75, 3.05) is 18.0 Å². The maximum atomic E-state index is 11.5. The van der Waals surface area contributed by atoms with Gasteiger partial charge in [0, 0.05) is 24.7 Å². The quantitative estimate of drug-likeness (QED) is 0.914. The number of imidazole rings is 1. The monoisotopic (exact) mass is 279 g/mol. The summed E-state index contributed by atoms with van der Waals surface area (Å²) in [5.41, 5.74) is 0.289. The van der Waals surface area contributed by atoms with Gasteiger partial charge in [-0.2, -0.15) is 0 Å². The van der Waals surface area contributed by atoms with Gasteiger partial charge in [-0.25, -0.2) is 9.78 Å². The van der Waals surface area contributed by atoms with Gasteiger partial charge in [-0.05, 0) is 25.7 Å². The van der Waals surface area contributed by atoms with Crippen LogP contribution in [0.25, 0.3) is 4.96 Å². The van der Waals surface area contributed by atoms with Crippen molar-refractivity contribution in [1.29, 1.82) is 0 Å². The van der Waals surface area contributed by atoms with Crippen LogP contribution >= 0.6 is 11.3 Å². The number of rotatable bonds is 5. The van der Waals surface area contributed by atoms with Crippen LogP contribution in [-0.2, 0) is 0 Å². The minimum absolute atomic E-state index is 0.289. The van der Waals surface area contributed by atoms with E-state index in [9.17, 15) is 9.90 Å². The zero-order valence-electron chi connectivity index (χ0n) is 10.9. The molecular formula is C13H17N3O2S. The van der Waals surface area contributed by atoms with Crippen molar-refractivity contribution >= 4 is 28.1 Å². The van der Waals surface area contributed by atoms with Crippen LogP contribution in [0, 0.1) is 5.92 Å². The molecule has 0 unspecified atom stereocenters. The average Bonchev–Trinajstić information content (AvgIpc) is 2.86. The highest BCUT2D eigenvalue weighted by Gasteiger charge is 2.26. The molecule has 6 heteroatoms. The summed E-state index contributed by atoms with van der Waals surface area (Å²) in [5, 5.41) is 11.3. The third-order valence-corrected chi connectivity index (χ3v) is 4.59. The Bertz CT molecular complexity index is 600. The van der Waals surface area contributed by atoms with E-state index in [0.717, 1.165) is 18.1 Å². The molecular weight excluding hydrogens is 262 g/mol. The van der Waals surface area contributed by atoms with Crippen molar-refractivity contribution < 1.29 is 9.90 Å². The van der Waals surface area contributed by atoms with Gasteiger partial charge >= 0.3 is 5.97 Å². The van der Waals surface area contributed by atoms with Crippen molar-refractivity contribution in [2.24, 2.45) is 5.92 Å². The second-order valence-corrected chi connectivity index (χ2v) is 5.85. The third kappa shape index (κ3) is 2.10. The van der Waals surface area contributed by atoms with E-state index in [-0.39, 0.29) is 5.69 Å². The molecule has 1 fully saturated rings. The van der Waals surface area contributed by atoms with Crippen molar-refractivity contribution in [1.82, 2.24) is 9.38 Å².